The minimum absolute atomic E-state index is 0.0896. The van der Waals surface area contributed by atoms with E-state index in [0.29, 0.717) is 4.60 Å². The third-order valence-corrected chi connectivity index (χ3v) is 1.69. The molecule has 0 bridgehead atoms. The number of pyridine rings is 1. The van der Waals surface area contributed by atoms with Gasteiger partial charge in [-0.15, -0.1) is 0 Å². The molecule has 0 aliphatic rings. The number of rotatable bonds is 1. The van der Waals surface area contributed by atoms with Crippen LogP contribution in [0.5, 0.6) is 0 Å². The first-order valence-corrected chi connectivity index (χ1v) is 3.78. The first-order chi connectivity index (χ1) is 5.65. The molecule has 1 aromatic rings. The lowest BCUT2D eigenvalue weighted by molar-refractivity contribution is 0.151. The summed E-state index contributed by atoms with van der Waals surface area (Å²) < 4.78 is 24.7. The summed E-state index contributed by atoms with van der Waals surface area (Å²) in [5, 5.41) is 8.42. The van der Waals surface area contributed by atoms with Crippen LogP contribution in [0.25, 0.3) is 0 Å². The van der Waals surface area contributed by atoms with Crippen molar-refractivity contribution >= 4 is 15.9 Å². The zero-order valence-electron chi connectivity index (χ0n) is 5.76. The molecule has 0 atom stereocenters. The van der Waals surface area contributed by atoms with Gasteiger partial charge in [-0.2, -0.15) is 5.26 Å². The Kier molecular flexibility index (Phi) is 2.71. The van der Waals surface area contributed by atoms with Gasteiger partial charge in [0.05, 0.1) is 5.56 Å². The highest BCUT2D eigenvalue weighted by Crippen LogP contribution is 2.24. The zero-order chi connectivity index (χ0) is 9.14. The van der Waals surface area contributed by atoms with E-state index < -0.39 is 6.43 Å². The van der Waals surface area contributed by atoms with Gasteiger partial charge in [0.2, 0.25) is 0 Å². The molecule has 1 heterocycles. The Hall–Kier alpha value is -1.02. The highest BCUT2D eigenvalue weighted by Gasteiger charge is 2.13. The Bertz CT molecular complexity index is 333. The summed E-state index contributed by atoms with van der Waals surface area (Å²) in [5.74, 6) is 0. The second kappa shape index (κ2) is 3.59. The second-order valence-electron chi connectivity index (χ2n) is 2.01. The highest BCUT2D eigenvalue weighted by molar-refractivity contribution is 9.10. The van der Waals surface area contributed by atoms with E-state index in [4.69, 9.17) is 5.26 Å². The van der Waals surface area contributed by atoms with Crippen molar-refractivity contribution in [2.45, 2.75) is 6.43 Å². The van der Waals surface area contributed by atoms with Gasteiger partial charge in [-0.25, -0.2) is 13.8 Å². The maximum absolute atomic E-state index is 12.2. The first-order valence-electron chi connectivity index (χ1n) is 2.99. The molecule has 0 spiro atoms. The summed E-state index contributed by atoms with van der Waals surface area (Å²) in [6.07, 6.45) is -1.52. The summed E-state index contributed by atoms with van der Waals surface area (Å²) in [7, 11) is 0. The van der Waals surface area contributed by atoms with Gasteiger partial charge in [0.1, 0.15) is 10.7 Å². The van der Waals surface area contributed by atoms with Crippen LogP contribution in [0, 0.1) is 11.3 Å². The van der Waals surface area contributed by atoms with Gasteiger partial charge in [-0.3, -0.25) is 0 Å². The Morgan fingerprint density at radius 1 is 1.58 bits per heavy atom. The summed E-state index contributed by atoms with van der Waals surface area (Å²) >= 11 is 2.94. The fourth-order valence-electron chi connectivity index (χ4n) is 0.718. The smallest absolute Gasteiger partial charge is 0.248 e. The molecule has 62 valence electrons. The van der Waals surface area contributed by atoms with Gasteiger partial charge in [0.25, 0.3) is 6.43 Å². The van der Waals surface area contributed by atoms with E-state index in [1.165, 1.54) is 0 Å². The predicted octanol–water partition coefficient (Wildman–Crippen LogP) is 2.65. The van der Waals surface area contributed by atoms with Crippen molar-refractivity contribution in [1.29, 1.82) is 5.26 Å². The van der Waals surface area contributed by atoms with Crippen LogP contribution in [0.1, 0.15) is 17.6 Å². The van der Waals surface area contributed by atoms with Crippen LogP contribution in [0.2, 0.25) is 0 Å². The Morgan fingerprint density at radius 3 is 2.75 bits per heavy atom. The van der Waals surface area contributed by atoms with Crippen LogP contribution in [-0.2, 0) is 0 Å². The largest absolute Gasteiger partial charge is 0.265 e. The lowest BCUT2D eigenvalue weighted by atomic mass is 10.2. The van der Waals surface area contributed by atoms with Crippen molar-refractivity contribution < 1.29 is 8.78 Å². The van der Waals surface area contributed by atoms with E-state index >= 15 is 0 Å². The summed E-state index contributed by atoms with van der Waals surface area (Å²) in [4.78, 5) is 3.65. The van der Waals surface area contributed by atoms with Crippen LogP contribution < -0.4 is 0 Å². The SMILES string of the molecule is N#Cc1cnc(Br)cc1C(F)F. The Labute approximate surface area is 76.0 Å². The van der Waals surface area contributed by atoms with E-state index in [0.717, 1.165) is 12.3 Å². The second-order valence-corrected chi connectivity index (χ2v) is 2.82. The molecule has 1 rings (SSSR count). The van der Waals surface area contributed by atoms with Crippen LogP contribution in [0.3, 0.4) is 0 Å². The minimum atomic E-state index is -2.64. The average molecular weight is 233 g/mol. The zero-order valence-corrected chi connectivity index (χ0v) is 7.35. The van der Waals surface area contributed by atoms with Crippen molar-refractivity contribution in [3.05, 3.63) is 28.0 Å². The van der Waals surface area contributed by atoms with Crippen molar-refractivity contribution in [2.75, 3.05) is 0 Å². The maximum atomic E-state index is 12.2. The van der Waals surface area contributed by atoms with Crippen molar-refractivity contribution in [3.8, 4) is 6.07 Å². The molecule has 2 nitrogen and oxygen atoms in total. The lowest BCUT2D eigenvalue weighted by Crippen LogP contribution is -1.91. The molecule has 0 fully saturated rings. The molecule has 0 aliphatic heterocycles. The molecule has 0 radical (unpaired) electrons. The quantitative estimate of drug-likeness (QED) is 0.699. The first kappa shape index (κ1) is 9.07. The molecule has 5 heteroatoms. The van der Waals surface area contributed by atoms with E-state index in [9.17, 15) is 8.78 Å². The van der Waals surface area contributed by atoms with Crippen LogP contribution in [-0.4, -0.2) is 4.98 Å². The van der Waals surface area contributed by atoms with Crippen molar-refractivity contribution in [3.63, 3.8) is 0 Å². The summed E-state index contributed by atoms with van der Waals surface area (Å²) in [6.45, 7) is 0. The fourth-order valence-corrected chi connectivity index (χ4v) is 1.07. The molecule has 1 aromatic heterocycles. The molecule has 0 unspecified atom stereocenters. The van der Waals surface area contributed by atoms with Crippen LogP contribution in [0.4, 0.5) is 8.78 Å². The number of halogens is 3. The predicted molar refractivity (Wildman–Crippen MR) is 41.6 cm³/mol. The lowest BCUT2D eigenvalue weighted by Gasteiger charge is -2.01. The number of aromatic nitrogens is 1. The Balaban J connectivity index is 3.24. The van der Waals surface area contributed by atoms with Gasteiger partial charge in [-0.05, 0) is 22.0 Å². The van der Waals surface area contributed by atoms with Gasteiger partial charge >= 0.3 is 0 Å². The molecule has 0 N–H and O–H groups in total. The topological polar surface area (TPSA) is 36.7 Å². The number of nitrogens with zero attached hydrogens (tertiary/aromatic N) is 2. The highest BCUT2D eigenvalue weighted by atomic mass is 79.9. The molecule has 0 amide bonds. The van der Waals surface area contributed by atoms with Crippen molar-refractivity contribution in [2.24, 2.45) is 0 Å². The molecule has 0 saturated heterocycles. The van der Waals surface area contributed by atoms with Gasteiger partial charge in [0.15, 0.2) is 0 Å². The fraction of sp³-hybridized carbons (Fsp3) is 0.143. The van der Waals surface area contributed by atoms with Gasteiger partial charge in [0, 0.05) is 11.8 Å². The third-order valence-electron chi connectivity index (χ3n) is 1.26. The molecule has 12 heavy (non-hydrogen) atoms. The molecular weight excluding hydrogens is 230 g/mol. The molecular formula is C7H3BrF2N2. The van der Waals surface area contributed by atoms with E-state index in [2.05, 4.69) is 20.9 Å². The van der Waals surface area contributed by atoms with Gasteiger partial charge < -0.3 is 0 Å². The third kappa shape index (κ3) is 1.77. The summed E-state index contributed by atoms with van der Waals surface area (Å²) in [5.41, 5.74) is -0.382. The number of nitriles is 1. The number of hydrogen-bond acceptors (Lipinski definition) is 2. The molecule has 0 aromatic carbocycles. The molecule has 0 aliphatic carbocycles. The van der Waals surface area contributed by atoms with E-state index in [1.54, 1.807) is 6.07 Å². The number of alkyl halides is 2. The number of hydrogen-bond donors (Lipinski definition) is 0. The van der Waals surface area contributed by atoms with Crippen molar-refractivity contribution in [1.82, 2.24) is 4.98 Å². The van der Waals surface area contributed by atoms with E-state index in [-0.39, 0.29) is 11.1 Å². The van der Waals surface area contributed by atoms with Gasteiger partial charge in [-0.1, -0.05) is 0 Å². The Morgan fingerprint density at radius 2 is 2.25 bits per heavy atom. The van der Waals surface area contributed by atoms with Crippen LogP contribution >= 0.6 is 15.9 Å². The van der Waals surface area contributed by atoms with Crippen LogP contribution in [0.15, 0.2) is 16.9 Å². The average Bonchev–Trinajstić information content (AvgIpc) is 2.04. The monoisotopic (exact) mass is 232 g/mol. The van der Waals surface area contributed by atoms with E-state index in [1.807, 2.05) is 0 Å². The maximum Gasteiger partial charge on any atom is 0.265 e. The normalized spacial score (nSPS) is 9.92. The summed E-state index contributed by atoms with van der Waals surface area (Å²) in [6, 6.07) is 2.78. The standard InChI is InChI=1S/C7H3BrF2N2/c8-6-1-5(7(9)10)4(2-11)3-12-6/h1,3,7H. The molecule has 0 saturated carbocycles. The minimum Gasteiger partial charge on any atom is -0.248 e.